The van der Waals surface area contributed by atoms with Crippen molar-refractivity contribution in [2.75, 3.05) is 32.8 Å². The molecule has 30 heavy (non-hydrogen) atoms. The van der Waals surface area contributed by atoms with Gasteiger partial charge in [-0.3, -0.25) is 14.4 Å². The Balaban J connectivity index is 2.32. The van der Waals surface area contributed by atoms with Crippen LogP contribution >= 0.6 is 0 Å². The number of hydrogen-bond acceptors (Lipinski definition) is 5. The van der Waals surface area contributed by atoms with Crippen molar-refractivity contribution in [3.8, 4) is 5.75 Å². The molecule has 0 aromatic heterocycles. The van der Waals surface area contributed by atoms with Gasteiger partial charge in [0.2, 0.25) is 18.2 Å². The molecule has 0 saturated carbocycles. The molecule has 0 fully saturated rings. The normalized spacial score (nSPS) is 11.7. The van der Waals surface area contributed by atoms with E-state index in [9.17, 15) is 14.4 Å². The first kappa shape index (κ1) is 25.2. The molecule has 0 heterocycles. The summed E-state index contributed by atoms with van der Waals surface area (Å²) in [6.07, 6.45) is 7.73. The second-order valence-electron chi connectivity index (χ2n) is 6.87. The predicted molar refractivity (Wildman–Crippen MR) is 118 cm³/mol. The van der Waals surface area contributed by atoms with Crippen LogP contribution in [0.25, 0.3) is 6.08 Å². The molecule has 0 spiro atoms. The summed E-state index contributed by atoms with van der Waals surface area (Å²) in [6, 6.07) is 8.21. The van der Waals surface area contributed by atoms with Crippen molar-refractivity contribution in [1.29, 1.82) is 0 Å². The number of hydrogen-bond donors (Lipinski definition) is 4. The van der Waals surface area contributed by atoms with Gasteiger partial charge in [-0.2, -0.15) is 0 Å². The van der Waals surface area contributed by atoms with Crippen LogP contribution in [0.1, 0.15) is 38.7 Å². The topological polar surface area (TPSA) is 109 Å². The van der Waals surface area contributed by atoms with Crippen LogP contribution in [0.15, 0.2) is 30.3 Å². The summed E-state index contributed by atoms with van der Waals surface area (Å²) < 4.78 is 5.89. The van der Waals surface area contributed by atoms with E-state index in [0.717, 1.165) is 17.9 Å². The molecule has 0 radical (unpaired) electrons. The summed E-state index contributed by atoms with van der Waals surface area (Å²) in [5, 5.41) is 10.8. The highest BCUT2D eigenvalue weighted by Gasteiger charge is 2.04. The van der Waals surface area contributed by atoms with Crippen LogP contribution in [0.3, 0.4) is 0 Å². The lowest BCUT2D eigenvalue weighted by molar-refractivity contribution is -0.126. The zero-order chi connectivity index (χ0) is 22.0. The Morgan fingerprint density at radius 1 is 1.13 bits per heavy atom. The van der Waals surface area contributed by atoms with Crippen molar-refractivity contribution in [2.24, 2.45) is 0 Å². The molecule has 0 bridgehead atoms. The van der Waals surface area contributed by atoms with Gasteiger partial charge in [0, 0.05) is 24.7 Å². The van der Waals surface area contributed by atoms with Crippen LogP contribution < -0.4 is 26.0 Å². The van der Waals surface area contributed by atoms with E-state index < -0.39 is 5.91 Å². The fraction of sp³-hybridized carbons (Fsp3) is 0.500. The molecule has 1 aromatic rings. The Hall–Kier alpha value is -2.87. The van der Waals surface area contributed by atoms with Crippen LogP contribution in [-0.4, -0.2) is 57.1 Å². The number of benzene rings is 1. The van der Waals surface area contributed by atoms with Gasteiger partial charge in [0.05, 0.1) is 13.1 Å². The van der Waals surface area contributed by atoms with E-state index >= 15 is 0 Å². The Labute approximate surface area is 178 Å². The van der Waals surface area contributed by atoms with Gasteiger partial charge in [0.1, 0.15) is 12.4 Å². The molecule has 0 aliphatic rings. The van der Waals surface area contributed by atoms with Gasteiger partial charge in [-0.15, -0.1) is 0 Å². The molecule has 4 N–H and O–H groups in total. The highest BCUT2D eigenvalue weighted by molar-refractivity contribution is 5.86. The lowest BCUT2D eigenvalue weighted by Gasteiger charge is -2.14. The number of carbonyl (C=O) groups is 3. The molecule has 1 atom stereocenters. The number of carbonyl (C=O) groups excluding carboxylic acids is 3. The summed E-state index contributed by atoms with van der Waals surface area (Å²) in [6.45, 7) is 5.78. The van der Waals surface area contributed by atoms with Crippen molar-refractivity contribution >= 4 is 24.3 Å². The summed E-state index contributed by atoms with van der Waals surface area (Å²) in [7, 11) is 0. The monoisotopic (exact) mass is 418 g/mol. The Kier molecular flexibility index (Phi) is 13.4. The minimum atomic E-state index is -0.423. The quantitative estimate of drug-likeness (QED) is 0.238. The number of rotatable bonds is 16. The van der Waals surface area contributed by atoms with Crippen molar-refractivity contribution < 1.29 is 19.1 Å². The molecule has 3 amide bonds. The third-order valence-corrected chi connectivity index (χ3v) is 4.27. The molecule has 0 aliphatic heterocycles. The summed E-state index contributed by atoms with van der Waals surface area (Å²) in [5.74, 6) is 0.0537. The third kappa shape index (κ3) is 11.9. The van der Waals surface area contributed by atoms with E-state index in [0.29, 0.717) is 25.6 Å². The van der Waals surface area contributed by atoms with E-state index in [4.69, 9.17) is 4.74 Å². The van der Waals surface area contributed by atoms with Crippen LogP contribution in [-0.2, 0) is 14.4 Å². The lowest BCUT2D eigenvalue weighted by atomic mass is 10.1. The second kappa shape index (κ2) is 16.0. The van der Waals surface area contributed by atoms with Gasteiger partial charge in [0.25, 0.3) is 0 Å². The maximum atomic E-state index is 11.7. The third-order valence-electron chi connectivity index (χ3n) is 4.27. The van der Waals surface area contributed by atoms with Crippen LogP contribution in [0.2, 0.25) is 0 Å². The molecule has 0 saturated heterocycles. The van der Waals surface area contributed by atoms with E-state index in [1.54, 1.807) is 0 Å². The smallest absolute Gasteiger partial charge is 0.239 e. The predicted octanol–water partition coefficient (Wildman–Crippen LogP) is 1.23. The Bertz CT molecular complexity index is 679. The van der Waals surface area contributed by atoms with Gasteiger partial charge < -0.3 is 26.0 Å². The van der Waals surface area contributed by atoms with Crippen molar-refractivity contribution in [1.82, 2.24) is 21.3 Å². The van der Waals surface area contributed by atoms with Crippen molar-refractivity contribution in [2.45, 2.75) is 39.2 Å². The van der Waals surface area contributed by atoms with Gasteiger partial charge in [-0.05, 0) is 19.4 Å². The SMILES string of the molecule is CCCCC(C)NCCOc1ccccc1/C=C/CNC(=O)CNC(=O)CNC=O. The maximum absolute atomic E-state index is 11.7. The number of unbranched alkanes of at least 4 members (excludes halogenated alkanes) is 1. The number of para-hydroxylation sites is 1. The Morgan fingerprint density at radius 2 is 1.90 bits per heavy atom. The molecule has 8 nitrogen and oxygen atoms in total. The van der Waals surface area contributed by atoms with Crippen LogP contribution in [0.5, 0.6) is 5.75 Å². The van der Waals surface area contributed by atoms with E-state index in [1.165, 1.54) is 19.3 Å². The molecule has 8 heteroatoms. The number of nitrogens with one attached hydrogen (secondary N) is 4. The van der Waals surface area contributed by atoms with E-state index in [2.05, 4.69) is 35.1 Å². The molecule has 1 rings (SSSR count). The van der Waals surface area contributed by atoms with Crippen molar-refractivity contribution in [3.63, 3.8) is 0 Å². The minimum absolute atomic E-state index is 0.142. The van der Waals surface area contributed by atoms with Crippen LogP contribution in [0, 0.1) is 0 Å². The van der Waals surface area contributed by atoms with Gasteiger partial charge in [-0.1, -0.05) is 50.1 Å². The maximum Gasteiger partial charge on any atom is 0.239 e. The molecule has 1 aromatic carbocycles. The molecular formula is C22H34N4O4. The fourth-order valence-electron chi connectivity index (χ4n) is 2.63. The zero-order valence-electron chi connectivity index (χ0n) is 17.9. The van der Waals surface area contributed by atoms with E-state index in [-0.39, 0.29) is 19.0 Å². The first-order valence-electron chi connectivity index (χ1n) is 10.4. The average molecular weight is 419 g/mol. The summed E-state index contributed by atoms with van der Waals surface area (Å²) in [4.78, 5) is 33.1. The molecule has 166 valence electrons. The largest absolute Gasteiger partial charge is 0.492 e. The van der Waals surface area contributed by atoms with Crippen molar-refractivity contribution in [3.05, 3.63) is 35.9 Å². The van der Waals surface area contributed by atoms with Crippen LogP contribution in [0.4, 0.5) is 0 Å². The first-order valence-corrected chi connectivity index (χ1v) is 10.4. The molecule has 1 unspecified atom stereocenters. The van der Waals surface area contributed by atoms with Gasteiger partial charge in [-0.25, -0.2) is 0 Å². The highest BCUT2D eigenvalue weighted by atomic mass is 16.5. The minimum Gasteiger partial charge on any atom is -0.492 e. The lowest BCUT2D eigenvalue weighted by Crippen LogP contribution is -2.40. The summed E-state index contributed by atoms with van der Waals surface area (Å²) in [5.41, 5.74) is 0.930. The molecule has 0 aliphatic carbocycles. The van der Waals surface area contributed by atoms with Gasteiger partial charge >= 0.3 is 0 Å². The second-order valence-corrected chi connectivity index (χ2v) is 6.87. The van der Waals surface area contributed by atoms with E-state index in [1.807, 2.05) is 36.4 Å². The number of ether oxygens (including phenoxy) is 1. The standard InChI is InChI=1S/C22H34N4O4/c1-3-4-8-18(2)24-13-14-30-20-11-6-5-9-19(20)10-7-12-25-22(29)16-26-21(28)15-23-17-27/h5-7,9-11,17-18,24H,3-4,8,12-16H2,1-2H3,(H,23,27)(H,25,29)(H,26,28)/b10-7+. The fourth-order valence-corrected chi connectivity index (χ4v) is 2.63. The summed E-state index contributed by atoms with van der Waals surface area (Å²) >= 11 is 0. The van der Waals surface area contributed by atoms with Gasteiger partial charge in [0.15, 0.2) is 0 Å². The highest BCUT2D eigenvalue weighted by Crippen LogP contribution is 2.19. The zero-order valence-corrected chi connectivity index (χ0v) is 17.9. The Morgan fingerprint density at radius 3 is 2.67 bits per heavy atom. The first-order chi connectivity index (χ1) is 14.6. The molecular weight excluding hydrogens is 384 g/mol. The average Bonchev–Trinajstić information content (AvgIpc) is 2.76. The number of amides is 3.